The summed E-state index contributed by atoms with van der Waals surface area (Å²) in [6, 6.07) is 7.84. The van der Waals surface area contributed by atoms with Crippen LogP contribution in [0.3, 0.4) is 0 Å². The van der Waals surface area contributed by atoms with Crippen LogP contribution in [0.15, 0.2) is 62.5 Å². The van der Waals surface area contributed by atoms with Crippen molar-refractivity contribution in [3.63, 3.8) is 0 Å². The number of benzene rings is 1. The molecule has 1 aromatic heterocycles. The minimum absolute atomic E-state index is 0.109. The summed E-state index contributed by atoms with van der Waals surface area (Å²) in [5.74, 6) is -3.20. The van der Waals surface area contributed by atoms with Gasteiger partial charge in [0.05, 0.1) is 49.7 Å². The first-order valence-corrected chi connectivity index (χ1v) is 12.0. The predicted octanol–water partition coefficient (Wildman–Crippen LogP) is 1.03. The summed E-state index contributed by atoms with van der Waals surface area (Å²) in [5, 5.41) is 11.8. The molecule has 0 aliphatic carbocycles. The van der Waals surface area contributed by atoms with Gasteiger partial charge < -0.3 is 35.4 Å². The van der Waals surface area contributed by atoms with Crippen molar-refractivity contribution in [3.05, 3.63) is 90.0 Å². The second-order valence-corrected chi connectivity index (χ2v) is 8.28. The summed E-state index contributed by atoms with van der Waals surface area (Å²) in [5.41, 5.74) is 5.73. The molecule has 1 aromatic carbocycles. The number of carboxylic acids is 1. The SMILES string of the molecule is CCOC(=O)C1=C(COCCN)NC(C)=C(C(=O)OC)[C@@H]1c1ccccc1Cl.O=C(O)c1cc(=O)[nH]c(=O)[nH]1. The van der Waals surface area contributed by atoms with Crippen LogP contribution >= 0.6 is 11.6 Å². The van der Waals surface area contributed by atoms with Crippen LogP contribution < -0.4 is 22.3 Å². The number of carbonyl (C=O) groups is 3. The second kappa shape index (κ2) is 14.7. The maximum absolute atomic E-state index is 12.9. The van der Waals surface area contributed by atoms with Gasteiger partial charge in [0.2, 0.25) is 0 Å². The molecule has 210 valence electrons. The Morgan fingerprint density at radius 1 is 1.10 bits per heavy atom. The molecule has 0 amide bonds. The smallest absolute Gasteiger partial charge is 0.352 e. The number of esters is 2. The lowest BCUT2D eigenvalue weighted by atomic mass is 9.80. The molecule has 2 aromatic rings. The molecule has 2 heterocycles. The van der Waals surface area contributed by atoms with Gasteiger partial charge in [-0.15, -0.1) is 0 Å². The van der Waals surface area contributed by atoms with Crippen LogP contribution in [0.4, 0.5) is 0 Å². The molecule has 0 spiro atoms. The molecule has 6 N–H and O–H groups in total. The molecule has 14 heteroatoms. The highest BCUT2D eigenvalue weighted by Crippen LogP contribution is 2.41. The van der Waals surface area contributed by atoms with E-state index in [1.54, 1.807) is 38.1 Å². The van der Waals surface area contributed by atoms with E-state index in [4.69, 9.17) is 36.7 Å². The molecule has 39 heavy (non-hydrogen) atoms. The van der Waals surface area contributed by atoms with Crippen molar-refractivity contribution in [2.75, 3.05) is 33.5 Å². The van der Waals surface area contributed by atoms with Crippen LogP contribution in [0.5, 0.6) is 0 Å². The van der Waals surface area contributed by atoms with Crippen molar-refractivity contribution in [2.45, 2.75) is 19.8 Å². The number of aromatic carboxylic acids is 1. The number of carbonyl (C=O) groups excluding carboxylic acids is 2. The molecule has 0 radical (unpaired) electrons. The van der Waals surface area contributed by atoms with Gasteiger partial charge in [0.1, 0.15) is 5.69 Å². The average Bonchev–Trinajstić information content (AvgIpc) is 2.88. The summed E-state index contributed by atoms with van der Waals surface area (Å²) in [6.45, 7) is 4.42. The van der Waals surface area contributed by atoms with Gasteiger partial charge in [0, 0.05) is 23.3 Å². The molecule has 1 aliphatic heterocycles. The van der Waals surface area contributed by atoms with E-state index < -0.39 is 40.8 Å². The molecule has 13 nitrogen and oxygen atoms in total. The zero-order valence-electron chi connectivity index (χ0n) is 21.5. The third-order valence-electron chi connectivity index (χ3n) is 5.26. The molecule has 3 rings (SSSR count). The highest BCUT2D eigenvalue weighted by Gasteiger charge is 2.39. The number of ether oxygens (including phenoxy) is 3. The maximum Gasteiger partial charge on any atom is 0.352 e. The van der Waals surface area contributed by atoms with Crippen LogP contribution in [-0.4, -0.2) is 66.5 Å². The molecule has 0 saturated carbocycles. The summed E-state index contributed by atoms with van der Waals surface area (Å²) in [6.07, 6.45) is 0. The fraction of sp³-hybridized carbons (Fsp3) is 0.320. The van der Waals surface area contributed by atoms with Crippen molar-refractivity contribution >= 4 is 29.5 Å². The second-order valence-electron chi connectivity index (χ2n) is 7.87. The van der Waals surface area contributed by atoms with Crippen LogP contribution in [0.25, 0.3) is 0 Å². The Kier molecular flexibility index (Phi) is 11.7. The van der Waals surface area contributed by atoms with Crippen molar-refractivity contribution in [2.24, 2.45) is 5.73 Å². The standard InChI is InChI=1S/C20H25ClN2O5.C5H4N2O4/c1-4-28-20(25)18-15(11-27-10-9-22)23-12(2)16(19(24)26-3)17(18)13-7-5-6-8-14(13)21;8-3-1-2(4(9)10)6-5(11)7-3/h5-8,17,23H,4,9-11,22H2,1-3H3;1H,(H,9,10)(H2,6,7,8,11)/t17-;/m0./s1. The molecule has 0 saturated heterocycles. The molecule has 1 atom stereocenters. The number of nitrogens with two attached hydrogens (primary N) is 1. The van der Waals surface area contributed by atoms with Crippen LogP contribution in [-0.2, 0) is 23.8 Å². The van der Waals surface area contributed by atoms with Crippen molar-refractivity contribution in [1.29, 1.82) is 0 Å². The Labute approximate surface area is 227 Å². The van der Waals surface area contributed by atoms with Crippen molar-refractivity contribution in [1.82, 2.24) is 15.3 Å². The molecule has 0 bridgehead atoms. The van der Waals surface area contributed by atoms with Gasteiger partial charge >= 0.3 is 23.6 Å². The van der Waals surface area contributed by atoms with E-state index in [1.807, 2.05) is 9.97 Å². The largest absolute Gasteiger partial charge is 0.477 e. The lowest BCUT2D eigenvalue weighted by Gasteiger charge is -2.31. The molecule has 0 unspecified atom stereocenters. The van der Waals surface area contributed by atoms with Gasteiger partial charge in [-0.05, 0) is 25.5 Å². The number of carboxylic acid groups (broad SMARTS) is 1. The Bertz CT molecular complexity index is 1370. The molecule has 1 aliphatic rings. The van der Waals surface area contributed by atoms with Crippen LogP contribution in [0.2, 0.25) is 5.02 Å². The number of hydrogen-bond donors (Lipinski definition) is 5. The summed E-state index contributed by atoms with van der Waals surface area (Å²) < 4.78 is 15.8. The van der Waals surface area contributed by atoms with Crippen LogP contribution in [0.1, 0.15) is 35.8 Å². The number of aromatic amines is 2. The summed E-state index contributed by atoms with van der Waals surface area (Å²) >= 11 is 6.42. The quantitative estimate of drug-likeness (QED) is 0.215. The Morgan fingerprint density at radius 2 is 1.79 bits per heavy atom. The monoisotopic (exact) mass is 564 g/mol. The lowest BCUT2D eigenvalue weighted by Crippen LogP contribution is -2.35. The zero-order chi connectivity index (χ0) is 29.1. The Balaban J connectivity index is 0.000000404. The van der Waals surface area contributed by atoms with Gasteiger partial charge in [-0.2, -0.15) is 0 Å². The van der Waals surface area contributed by atoms with Crippen molar-refractivity contribution < 1.29 is 33.7 Å². The fourth-order valence-corrected chi connectivity index (χ4v) is 3.95. The first kappa shape index (κ1) is 31.0. The number of allylic oxidation sites excluding steroid dienone is 1. The average molecular weight is 565 g/mol. The first-order valence-electron chi connectivity index (χ1n) is 11.6. The zero-order valence-corrected chi connectivity index (χ0v) is 22.2. The number of rotatable bonds is 9. The normalized spacial score (nSPS) is 14.6. The summed E-state index contributed by atoms with van der Waals surface area (Å²) in [4.78, 5) is 60.3. The third-order valence-corrected chi connectivity index (χ3v) is 5.61. The number of aromatic nitrogens is 2. The highest BCUT2D eigenvalue weighted by molar-refractivity contribution is 6.31. The van der Waals surface area contributed by atoms with Gasteiger partial charge in [-0.25, -0.2) is 19.2 Å². The highest BCUT2D eigenvalue weighted by atomic mass is 35.5. The number of H-pyrrole nitrogens is 2. The van der Waals surface area contributed by atoms with E-state index in [1.165, 1.54) is 7.11 Å². The van der Waals surface area contributed by atoms with E-state index >= 15 is 0 Å². The molecule has 0 fully saturated rings. The maximum atomic E-state index is 12.9. The molecular weight excluding hydrogens is 536 g/mol. The third kappa shape index (κ3) is 8.14. The number of methoxy groups -OCH3 is 1. The van der Waals surface area contributed by atoms with E-state index in [0.717, 1.165) is 6.07 Å². The van der Waals surface area contributed by atoms with E-state index in [-0.39, 0.29) is 18.8 Å². The lowest BCUT2D eigenvalue weighted by molar-refractivity contribution is -0.139. The first-order chi connectivity index (χ1) is 18.5. The minimum atomic E-state index is -1.34. The number of hydrogen-bond acceptors (Lipinski definition) is 10. The predicted molar refractivity (Wildman–Crippen MR) is 140 cm³/mol. The molecular formula is C25H29ClN4O9. The Hall–Kier alpha value is -4.20. The van der Waals surface area contributed by atoms with E-state index in [9.17, 15) is 24.0 Å². The van der Waals surface area contributed by atoms with Gasteiger partial charge in [0.25, 0.3) is 5.56 Å². The minimum Gasteiger partial charge on any atom is -0.477 e. The number of dihydropyridines is 1. The van der Waals surface area contributed by atoms with Gasteiger partial charge in [0.15, 0.2) is 0 Å². The summed E-state index contributed by atoms with van der Waals surface area (Å²) in [7, 11) is 1.29. The fourth-order valence-electron chi connectivity index (χ4n) is 3.70. The van der Waals surface area contributed by atoms with E-state index in [0.29, 0.717) is 40.7 Å². The van der Waals surface area contributed by atoms with Gasteiger partial charge in [-0.3, -0.25) is 9.78 Å². The Morgan fingerprint density at radius 3 is 2.36 bits per heavy atom. The van der Waals surface area contributed by atoms with Gasteiger partial charge in [-0.1, -0.05) is 29.8 Å². The number of nitrogens with one attached hydrogen (secondary N) is 3. The van der Waals surface area contributed by atoms with E-state index in [2.05, 4.69) is 5.32 Å². The van der Waals surface area contributed by atoms with Crippen molar-refractivity contribution in [3.8, 4) is 0 Å². The number of halogens is 1. The van der Waals surface area contributed by atoms with Crippen LogP contribution in [0, 0.1) is 0 Å². The topological polar surface area (TPSA) is 203 Å².